The normalized spacial score (nSPS) is 9.52. The molecule has 0 amide bonds. The first-order valence-corrected chi connectivity index (χ1v) is 6.27. The van der Waals surface area contributed by atoms with Gasteiger partial charge in [-0.3, -0.25) is 9.36 Å². The molecule has 0 aliphatic heterocycles. The monoisotopic (exact) mass is 290 g/mol. The van der Waals surface area contributed by atoms with Gasteiger partial charge in [-0.25, -0.2) is 4.98 Å². The standard InChI is InChI=1S/C14H14N2O3.CH4O/c1-10-15-13(9-14(18)16(10)7-8-17)11-3-5-12(19-2)6-4-11;1-2/h3-6,8-9H,7H2,1-2H3;2H,1H3. The smallest absolute Gasteiger partial charge is 0.254 e. The van der Waals surface area contributed by atoms with Crippen molar-refractivity contribution in [2.45, 2.75) is 13.5 Å². The van der Waals surface area contributed by atoms with Crippen molar-refractivity contribution in [1.82, 2.24) is 9.55 Å². The van der Waals surface area contributed by atoms with E-state index < -0.39 is 0 Å². The van der Waals surface area contributed by atoms with Gasteiger partial charge in [-0.15, -0.1) is 0 Å². The molecule has 0 aliphatic rings. The fraction of sp³-hybridized carbons (Fsp3) is 0.267. The topological polar surface area (TPSA) is 81.4 Å². The lowest BCUT2D eigenvalue weighted by Gasteiger charge is -2.08. The molecule has 0 radical (unpaired) electrons. The number of aliphatic hydroxyl groups is 1. The van der Waals surface area contributed by atoms with Gasteiger partial charge in [0.15, 0.2) is 0 Å². The van der Waals surface area contributed by atoms with Crippen molar-refractivity contribution in [2.24, 2.45) is 0 Å². The summed E-state index contributed by atoms with van der Waals surface area (Å²) in [6.45, 7) is 1.73. The minimum absolute atomic E-state index is 0.0283. The first-order valence-electron chi connectivity index (χ1n) is 6.27. The molecular weight excluding hydrogens is 272 g/mol. The lowest BCUT2D eigenvalue weighted by Crippen LogP contribution is -2.23. The van der Waals surface area contributed by atoms with Gasteiger partial charge < -0.3 is 14.6 Å². The Morgan fingerprint density at radius 1 is 1.29 bits per heavy atom. The lowest BCUT2D eigenvalue weighted by atomic mass is 10.1. The number of methoxy groups -OCH3 is 1. The van der Waals surface area contributed by atoms with Crippen LogP contribution in [0.15, 0.2) is 35.1 Å². The maximum Gasteiger partial charge on any atom is 0.254 e. The Morgan fingerprint density at radius 2 is 1.90 bits per heavy atom. The minimum Gasteiger partial charge on any atom is -0.497 e. The molecule has 1 aromatic heterocycles. The van der Waals surface area contributed by atoms with Crippen LogP contribution in [0, 0.1) is 6.92 Å². The summed E-state index contributed by atoms with van der Waals surface area (Å²) in [7, 11) is 2.60. The Labute approximate surface area is 122 Å². The SMILES string of the molecule is CO.COc1ccc(-c2cc(=O)n(CC=O)c(C)n2)cc1. The van der Waals surface area contributed by atoms with Crippen LogP contribution in [0.1, 0.15) is 5.82 Å². The zero-order valence-corrected chi connectivity index (χ0v) is 12.2. The molecule has 6 heteroatoms. The zero-order chi connectivity index (χ0) is 15.8. The van der Waals surface area contributed by atoms with Crippen molar-refractivity contribution in [3.63, 3.8) is 0 Å². The molecule has 1 aromatic carbocycles. The Balaban J connectivity index is 0.00000106. The molecule has 0 unspecified atom stereocenters. The van der Waals surface area contributed by atoms with Crippen molar-refractivity contribution in [1.29, 1.82) is 0 Å². The second-order valence-electron chi connectivity index (χ2n) is 4.03. The van der Waals surface area contributed by atoms with Crippen LogP contribution in [-0.4, -0.2) is 35.2 Å². The number of nitrogens with zero attached hydrogens (tertiary/aromatic N) is 2. The average Bonchev–Trinajstić information content (AvgIpc) is 2.53. The van der Waals surface area contributed by atoms with Crippen LogP contribution >= 0.6 is 0 Å². The van der Waals surface area contributed by atoms with E-state index in [9.17, 15) is 9.59 Å². The van der Waals surface area contributed by atoms with Gasteiger partial charge >= 0.3 is 0 Å². The second kappa shape index (κ2) is 7.96. The molecule has 0 saturated heterocycles. The fourth-order valence-corrected chi connectivity index (χ4v) is 1.83. The van der Waals surface area contributed by atoms with E-state index in [-0.39, 0.29) is 12.1 Å². The van der Waals surface area contributed by atoms with Gasteiger partial charge in [-0.1, -0.05) is 0 Å². The first-order chi connectivity index (χ1) is 10.2. The minimum atomic E-state index is -0.231. The highest BCUT2D eigenvalue weighted by Crippen LogP contribution is 2.19. The summed E-state index contributed by atoms with van der Waals surface area (Å²) in [6, 6.07) is 8.72. The molecule has 2 rings (SSSR count). The van der Waals surface area contributed by atoms with Crippen molar-refractivity contribution in [3.05, 3.63) is 46.5 Å². The van der Waals surface area contributed by atoms with Gasteiger partial charge in [0.05, 0.1) is 19.3 Å². The van der Waals surface area contributed by atoms with Crippen molar-refractivity contribution >= 4 is 6.29 Å². The van der Waals surface area contributed by atoms with Crippen LogP contribution in [-0.2, 0) is 11.3 Å². The second-order valence-corrected chi connectivity index (χ2v) is 4.03. The highest BCUT2D eigenvalue weighted by atomic mass is 16.5. The summed E-state index contributed by atoms with van der Waals surface area (Å²) in [5, 5.41) is 7.00. The Morgan fingerprint density at radius 3 is 2.38 bits per heavy atom. The maximum atomic E-state index is 11.9. The summed E-state index contributed by atoms with van der Waals surface area (Å²) in [4.78, 5) is 26.7. The van der Waals surface area contributed by atoms with E-state index in [1.807, 2.05) is 24.3 Å². The third kappa shape index (κ3) is 4.00. The predicted octanol–water partition coefficient (Wildman–Crippen LogP) is 1.03. The van der Waals surface area contributed by atoms with Crippen LogP contribution in [0.4, 0.5) is 0 Å². The van der Waals surface area contributed by atoms with Crippen molar-refractivity contribution < 1.29 is 14.6 Å². The number of aldehydes is 1. The fourth-order valence-electron chi connectivity index (χ4n) is 1.83. The van der Waals surface area contributed by atoms with Crippen molar-refractivity contribution in [2.75, 3.05) is 14.2 Å². The average molecular weight is 290 g/mol. The summed E-state index contributed by atoms with van der Waals surface area (Å²) >= 11 is 0. The van der Waals surface area contributed by atoms with E-state index in [0.717, 1.165) is 18.4 Å². The molecular formula is C15H18N2O4. The highest BCUT2D eigenvalue weighted by Gasteiger charge is 2.06. The molecule has 0 bridgehead atoms. The molecule has 0 fully saturated rings. The number of hydrogen-bond acceptors (Lipinski definition) is 5. The van der Waals surface area contributed by atoms with Gasteiger partial charge in [0, 0.05) is 18.7 Å². The van der Waals surface area contributed by atoms with E-state index in [1.165, 1.54) is 10.6 Å². The molecule has 0 spiro atoms. The zero-order valence-electron chi connectivity index (χ0n) is 12.2. The summed E-state index contributed by atoms with van der Waals surface area (Å²) in [5.41, 5.74) is 1.19. The van der Waals surface area contributed by atoms with E-state index in [2.05, 4.69) is 4.98 Å². The number of carbonyl (C=O) groups excluding carboxylic acids is 1. The van der Waals surface area contributed by atoms with Crippen LogP contribution in [0.2, 0.25) is 0 Å². The maximum absolute atomic E-state index is 11.9. The number of hydrogen-bond donors (Lipinski definition) is 1. The largest absolute Gasteiger partial charge is 0.497 e. The molecule has 0 aliphatic carbocycles. The van der Waals surface area contributed by atoms with E-state index in [4.69, 9.17) is 9.84 Å². The van der Waals surface area contributed by atoms with E-state index >= 15 is 0 Å². The molecule has 112 valence electrons. The summed E-state index contributed by atoms with van der Waals surface area (Å²) < 4.78 is 6.41. The molecule has 6 nitrogen and oxygen atoms in total. The molecule has 21 heavy (non-hydrogen) atoms. The quantitative estimate of drug-likeness (QED) is 0.851. The third-order valence-electron chi connectivity index (χ3n) is 2.84. The first kappa shape index (κ1) is 16.6. The van der Waals surface area contributed by atoms with Gasteiger partial charge in [0.2, 0.25) is 0 Å². The Kier molecular flexibility index (Phi) is 6.29. The Bertz CT molecular complexity index is 648. The Hall–Kier alpha value is -2.47. The molecule has 2 aromatic rings. The molecule has 0 atom stereocenters. The predicted molar refractivity (Wildman–Crippen MR) is 79.4 cm³/mol. The van der Waals surface area contributed by atoms with E-state index in [1.54, 1.807) is 14.0 Å². The lowest BCUT2D eigenvalue weighted by molar-refractivity contribution is -0.108. The van der Waals surface area contributed by atoms with Crippen molar-refractivity contribution in [3.8, 4) is 17.0 Å². The third-order valence-corrected chi connectivity index (χ3v) is 2.84. The van der Waals surface area contributed by atoms with Crippen LogP contribution in [0.25, 0.3) is 11.3 Å². The van der Waals surface area contributed by atoms with Crippen LogP contribution in [0.5, 0.6) is 5.75 Å². The molecule has 0 saturated carbocycles. The number of aliphatic hydroxyl groups excluding tert-OH is 1. The molecule has 1 N–H and O–H groups in total. The number of aryl methyl sites for hydroxylation is 1. The summed E-state index contributed by atoms with van der Waals surface area (Å²) in [5.74, 6) is 1.26. The number of rotatable bonds is 4. The van der Waals surface area contributed by atoms with Crippen LogP contribution < -0.4 is 10.3 Å². The van der Waals surface area contributed by atoms with E-state index in [0.29, 0.717) is 17.8 Å². The van der Waals surface area contributed by atoms with Gasteiger partial charge in [0.1, 0.15) is 17.9 Å². The highest BCUT2D eigenvalue weighted by molar-refractivity contribution is 5.60. The van der Waals surface area contributed by atoms with Gasteiger partial charge in [-0.2, -0.15) is 0 Å². The summed E-state index contributed by atoms with van der Waals surface area (Å²) in [6.07, 6.45) is 0.684. The van der Waals surface area contributed by atoms with Gasteiger partial charge in [-0.05, 0) is 31.2 Å². The number of benzene rings is 1. The molecule has 1 heterocycles. The van der Waals surface area contributed by atoms with Gasteiger partial charge in [0.25, 0.3) is 5.56 Å². The number of carbonyl (C=O) groups is 1. The number of aromatic nitrogens is 2. The van der Waals surface area contributed by atoms with Crippen LogP contribution in [0.3, 0.4) is 0 Å². The number of ether oxygens (including phenoxy) is 1.